The highest BCUT2D eigenvalue weighted by molar-refractivity contribution is 8.00. The van der Waals surface area contributed by atoms with Crippen molar-refractivity contribution >= 4 is 35.1 Å². The number of allylic oxidation sites excluding steroid dienone is 1. The van der Waals surface area contributed by atoms with Crippen LogP contribution in [0.5, 0.6) is 0 Å². The van der Waals surface area contributed by atoms with Crippen molar-refractivity contribution in [3.05, 3.63) is 59.4 Å². The molecule has 7 heteroatoms. The van der Waals surface area contributed by atoms with Crippen molar-refractivity contribution in [1.29, 1.82) is 0 Å². The highest BCUT2D eigenvalue weighted by Crippen LogP contribution is 2.36. The molecule has 0 saturated heterocycles. The molecule has 6 nitrogen and oxygen atoms in total. The van der Waals surface area contributed by atoms with Crippen LogP contribution in [0.4, 0.5) is 5.69 Å². The van der Waals surface area contributed by atoms with Crippen LogP contribution < -0.4 is 5.32 Å². The van der Waals surface area contributed by atoms with Gasteiger partial charge in [0.25, 0.3) is 0 Å². The molecule has 1 N–H and O–H groups in total. The average Bonchev–Trinajstić information content (AvgIpc) is 2.95. The van der Waals surface area contributed by atoms with Gasteiger partial charge >= 0.3 is 5.97 Å². The average molecular weight is 398 g/mol. The van der Waals surface area contributed by atoms with Crippen molar-refractivity contribution in [2.24, 2.45) is 0 Å². The second-order valence-electron chi connectivity index (χ2n) is 6.64. The highest BCUT2D eigenvalue weighted by atomic mass is 32.2. The van der Waals surface area contributed by atoms with Crippen LogP contribution in [0.15, 0.2) is 41.8 Å². The number of aryl methyl sites for hydroxylation is 1. The number of Topliss-reactive ketones (excluding diaryl/α,β-unsaturated/α-hetero) is 1. The van der Waals surface area contributed by atoms with E-state index >= 15 is 0 Å². The monoisotopic (exact) mass is 398 g/mol. The molecule has 3 rings (SSSR count). The topological polar surface area (TPSA) is 77.4 Å². The Morgan fingerprint density at radius 3 is 2.79 bits per heavy atom. The minimum absolute atomic E-state index is 0.104. The van der Waals surface area contributed by atoms with Gasteiger partial charge in [0.05, 0.1) is 16.5 Å². The Labute approximate surface area is 167 Å². The molecule has 0 bridgehead atoms. The summed E-state index contributed by atoms with van der Waals surface area (Å²) in [5, 5.41) is 2.60. The summed E-state index contributed by atoms with van der Waals surface area (Å²) in [5.74, 6) is -0.964. The van der Waals surface area contributed by atoms with E-state index in [2.05, 4.69) is 11.9 Å². The normalized spacial score (nSPS) is 15.5. The van der Waals surface area contributed by atoms with E-state index in [1.807, 2.05) is 25.3 Å². The third-order valence-corrected chi connectivity index (χ3v) is 5.84. The second kappa shape index (κ2) is 8.06. The van der Waals surface area contributed by atoms with Crippen molar-refractivity contribution in [3.8, 4) is 0 Å². The van der Waals surface area contributed by atoms with Gasteiger partial charge in [-0.2, -0.15) is 0 Å². The van der Waals surface area contributed by atoms with Gasteiger partial charge in [-0.1, -0.05) is 6.08 Å². The second-order valence-corrected chi connectivity index (χ2v) is 8.03. The van der Waals surface area contributed by atoms with Crippen LogP contribution in [-0.2, 0) is 16.1 Å². The number of ketones is 1. The summed E-state index contributed by atoms with van der Waals surface area (Å²) in [7, 11) is 0. The quantitative estimate of drug-likeness (QED) is 0.455. The van der Waals surface area contributed by atoms with Gasteiger partial charge in [-0.3, -0.25) is 9.59 Å². The number of amides is 1. The number of ether oxygens (including phenoxy) is 1. The number of hydrogen-bond donors (Lipinski definition) is 1. The molecule has 1 aliphatic heterocycles. The van der Waals surface area contributed by atoms with Gasteiger partial charge in [0.2, 0.25) is 11.7 Å². The number of hydrogen-bond acceptors (Lipinski definition) is 5. The van der Waals surface area contributed by atoms with Crippen LogP contribution in [0.25, 0.3) is 0 Å². The fourth-order valence-corrected chi connectivity index (χ4v) is 4.05. The Morgan fingerprint density at radius 1 is 1.32 bits per heavy atom. The molecule has 0 spiro atoms. The molecular weight excluding hydrogens is 376 g/mol. The molecule has 1 aromatic heterocycles. The SMILES string of the molecule is C=CCn1c(C)cc(C(=O)COC(=O)c2ccc3c(c2)NC(=O)C(C)S3)c1C. The molecule has 1 aliphatic rings. The van der Waals surface area contributed by atoms with Crippen molar-refractivity contribution in [2.45, 2.75) is 37.5 Å². The van der Waals surface area contributed by atoms with Crippen LogP contribution in [0, 0.1) is 13.8 Å². The zero-order chi connectivity index (χ0) is 20.4. The predicted molar refractivity (Wildman–Crippen MR) is 109 cm³/mol. The van der Waals surface area contributed by atoms with Gasteiger partial charge in [0.1, 0.15) is 0 Å². The minimum Gasteiger partial charge on any atom is -0.454 e. The molecule has 0 fully saturated rings. The number of fused-ring (bicyclic) bond motifs is 1. The molecule has 2 heterocycles. The van der Waals surface area contributed by atoms with Crippen LogP contribution in [0.3, 0.4) is 0 Å². The fourth-order valence-electron chi connectivity index (χ4n) is 3.12. The molecule has 0 radical (unpaired) electrons. The van der Waals surface area contributed by atoms with Crippen molar-refractivity contribution in [3.63, 3.8) is 0 Å². The lowest BCUT2D eigenvalue weighted by Crippen LogP contribution is -2.26. The molecule has 1 aromatic carbocycles. The third kappa shape index (κ3) is 3.89. The summed E-state index contributed by atoms with van der Waals surface area (Å²) in [5.41, 5.74) is 3.18. The van der Waals surface area contributed by atoms with E-state index in [1.165, 1.54) is 11.8 Å². The Bertz CT molecular complexity index is 977. The smallest absolute Gasteiger partial charge is 0.338 e. The van der Waals surface area contributed by atoms with Crippen molar-refractivity contribution in [1.82, 2.24) is 4.57 Å². The summed E-state index contributed by atoms with van der Waals surface area (Å²) in [6, 6.07) is 6.78. The minimum atomic E-state index is -0.603. The highest BCUT2D eigenvalue weighted by Gasteiger charge is 2.24. The molecule has 1 atom stereocenters. The molecule has 28 heavy (non-hydrogen) atoms. The number of rotatable bonds is 6. The summed E-state index contributed by atoms with van der Waals surface area (Å²) in [4.78, 5) is 37.6. The van der Waals surface area contributed by atoms with Crippen LogP contribution in [0.2, 0.25) is 0 Å². The summed E-state index contributed by atoms with van der Waals surface area (Å²) in [6.07, 6.45) is 1.77. The van der Waals surface area contributed by atoms with E-state index in [1.54, 1.807) is 30.3 Å². The van der Waals surface area contributed by atoms with Gasteiger partial charge in [-0.25, -0.2) is 4.79 Å². The molecule has 0 saturated carbocycles. The number of nitrogens with one attached hydrogen (secondary N) is 1. The van der Waals surface area contributed by atoms with Gasteiger partial charge in [-0.15, -0.1) is 18.3 Å². The summed E-state index contributed by atoms with van der Waals surface area (Å²) in [6.45, 7) is 9.59. The molecule has 1 amide bonds. The fraction of sp³-hybridized carbons (Fsp3) is 0.286. The molecule has 2 aromatic rings. The number of thioether (sulfide) groups is 1. The van der Waals surface area contributed by atoms with E-state index in [9.17, 15) is 14.4 Å². The van der Waals surface area contributed by atoms with Gasteiger partial charge in [-0.05, 0) is 45.0 Å². The molecule has 0 aliphatic carbocycles. The molecule has 146 valence electrons. The van der Waals surface area contributed by atoms with Crippen LogP contribution in [0.1, 0.15) is 39.0 Å². The van der Waals surface area contributed by atoms with E-state index in [4.69, 9.17) is 4.74 Å². The zero-order valence-corrected chi connectivity index (χ0v) is 16.9. The van der Waals surface area contributed by atoms with Crippen molar-refractivity contribution in [2.75, 3.05) is 11.9 Å². The van der Waals surface area contributed by atoms with E-state index in [0.29, 0.717) is 23.4 Å². The maximum absolute atomic E-state index is 12.5. The first-order chi connectivity index (χ1) is 13.3. The lowest BCUT2D eigenvalue weighted by atomic mass is 10.1. The van der Waals surface area contributed by atoms with E-state index < -0.39 is 5.97 Å². The van der Waals surface area contributed by atoms with Gasteiger partial charge < -0.3 is 14.6 Å². The maximum Gasteiger partial charge on any atom is 0.338 e. The molecular formula is C21H22N2O4S. The number of esters is 1. The molecule has 1 unspecified atom stereocenters. The largest absolute Gasteiger partial charge is 0.454 e. The number of aromatic nitrogens is 1. The number of nitrogens with zero attached hydrogens (tertiary/aromatic N) is 1. The summed E-state index contributed by atoms with van der Waals surface area (Å²) < 4.78 is 7.19. The lowest BCUT2D eigenvalue weighted by Gasteiger charge is -2.21. The number of benzene rings is 1. The first-order valence-corrected chi connectivity index (χ1v) is 9.79. The van der Waals surface area contributed by atoms with Crippen LogP contribution in [-0.4, -0.2) is 34.1 Å². The first kappa shape index (κ1) is 19.9. The summed E-state index contributed by atoms with van der Waals surface area (Å²) >= 11 is 1.44. The van der Waals surface area contributed by atoms with E-state index in [-0.39, 0.29) is 23.5 Å². The van der Waals surface area contributed by atoms with E-state index in [0.717, 1.165) is 16.3 Å². The van der Waals surface area contributed by atoms with Crippen molar-refractivity contribution < 1.29 is 19.1 Å². The standard InChI is InChI=1S/C21H22N2O4S/c1-5-8-23-12(2)9-16(13(23)3)18(24)11-27-21(26)15-6-7-19-17(10-15)22-20(25)14(4)28-19/h5-7,9-10,14H,1,8,11H2,2-4H3,(H,22,25). The number of carbonyl (C=O) groups excluding carboxylic acids is 3. The Morgan fingerprint density at radius 2 is 2.07 bits per heavy atom. The number of anilines is 1. The number of carbonyl (C=O) groups is 3. The lowest BCUT2D eigenvalue weighted by molar-refractivity contribution is -0.115. The zero-order valence-electron chi connectivity index (χ0n) is 16.1. The predicted octanol–water partition coefficient (Wildman–Crippen LogP) is 3.76. The Balaban J connectivity index is 1.69. The van der Waals surface area contributed by atoms with Gasteiger partial charge in [0.15, 0.2) is 6.61 Å². The van der Waals surface area contributed by atoms with Gasteiger partial charge in [0, 0.05) is 28.4 Å². The first-order valence-electron chi connectivity index (χ1n) is 8.91. The Kier molecular flexibility index (Phi) is 5.74. The maximum atomic E-state index is 12.5. The Hall–Kier alpha value is -2.80. The van der Waals surface area contributed by atoms with Crippen LogP contribution >= 0.6 is 11.8 Å². The third-order valence-electron chi connectivity index (χ3n) is 4.67.